The highest BCUT2D eigenvalue weighted by Gasteiger charge is 2.07. The van der Waals surface area contributed by atoms with Gasteiger partial charge >= 0.3 is 11.9 Å². The van der Waals surface area contributed by atoms with Crippen LogP contribution in [0.1, 0.15) is 76.3 Å². The summed E-state index contributed by atoms with van der Waals surface area (Å²) in [7, 11) is 0. The van der Waals surface area contributed by atoms with Crippen LogP contribution in [0.3, 0.4) is 0 Å². The van der Waals surface area contributed by atoms with Gasteiger partial charge in [-0.3, -0.25) is 9.59 Å². The van der Waals surface area contributed by atoms with Crippen molar-refractivity contribution in [3.63, 3.8) is 0 Å². The molecular formula is C22H34O4. The number of carbonyl (C=O) groups is 2. The van der Waals surface area contributed by atoms with E-state index in [4.69, 9.17) is 9.47 Å². The van der Waals surface area contributed by atoms with Gasteiger partial charge in [-0.2, -0.15) is 0 Å². The number of ether oxygens (including phenoxy) is 2. The van der Waals surface area contributed by atoms with Gasteiger partial charge in [-0.05, 0) is 49.7 Å². The lowest BCUT2D eigenvalue weighted by Gasteiger charge is -2.10. The predicted molar refractivity (Wildman–Crippen MR) is 104 cm³/mol. The number of esters is 2. The lowest BCUT2D eigenvalue weighted by molar-refractivity contribution is -0.144. The molecule has 0 aliphatic rings. The number of aryl methyl sites for hydroxylation is 2. The van der Waals surface area contributed by atoms with Gasteiger partial charge in [0.15, 0.2) is 0 Å². The molecule has 0 unspecified atom stereocenters. The molecule has 1 aromatic carbocycles. The molecule has 0 aliphatic heterocycles. The van der Waals surface area contributed by atoms with Crippen LogP contribution in [0.25, 0.3) is 0 Å². The molecule has 0 aliphatic carbocycles. The molecule has 26 heavy (non-hydrogen) atoms. The van der Waals surface area contributed by atoms with Crippen LogP contribution in [-0.2, 0) is 31.9 Å². The summed E-state index contributed by atoms with van der Waals surface area (Å²) in [5.74, 6) is -0.212. The average Bonchev–Trinajstić information content (AvgIpc) is 2.63. The highest BCUT2D eigenvalue weighted by atomic mass is 16.5. The lowest BCUT2D eigenvalue weighted by atomic mass is 9.98. The molecule has 0 heterocycles. The van der Waals surface area contributed by atoms with E-state index in [2.05, 4.69) is 26.0 Å². The fourth-order valence-electron chi connectivity index (χ4n) is 2.70. The molecule has 0 atom stereocenters. The summed E-state index contributed by atoms with van der Waals surface area (Å²) in [6.07, 6.45) is 8.15. The van der Waals surface area contributed by atoms with Crippen LogP contribution in [0.15, 0.2) is 24.3 Å². The predicted octanol–water partition coefficient (Wildman–Crippen LogP) is 5.02. The number of carbonyl (C=O) groups excluding carboxylic acids is 2. The standard InChI is InChI=1S/C22H34O4/c1-3-5-17-25-21(23)15-9-13-19-11-7-8-12-20(19)14-10-16-22(24)26-18-6-4-2/h7-8,11-12H,3-6,9-10,13-18H2,1-2H3. The first kappa shape index (κ1) is 22.2. The van der Waals surface area contributed by atoms with Crippen LogP contribution in [0, 0.1) is 0 Å². The van der Waals surface area contributed by atoms with Gasteiger partial charge in [-0.1, -0.05) is 51.0 Å². The van der Waals surface area contributed by atoms with E-state index in [0.717, 1.165) is 51.4 Å². The quantitative estimate of drug-likeness (QED) is 0.344. The second-order valence-corrected chi connectivity index (χ2v) is 6.62. The maximum atomic E-state index is 11.7. The Kier molecular flexibility index (Phi) is 12.2. The maximum absolute atomic E-state index is 11.7. The van der Waals surface area contributed by atoms with Crippen molar-refractivity contribution in [2.24, 2.45) is 0 Å². The Morgan fingerprint density at radius 2 is 1.15 bits per heavy atom. The molecule has 0 fully saturated rings. The van der Waals surface area contributed by atoms with Gasteiger partial charge in [0.25, 0.3) is 0 Å². The van der Waals surface area contributed by atoms with Gasteiger partial charge in [0.1, 0.15) is 0 Å². The zero-order chi connectivity index (χ0) is 19.0. The smallest absolute Gasteiger partial charge is 0.305 e. The SMILES string of the molecule is CCCCOC(=O)CCCc1ccccc1CCCC(=O)OCCCC. The van der Waals surface area contributed by atoms with E-state index in [1.165, 1.54) is 11.1 Å². The molecule has 1 rings (SSSR count). The van der Waals surface area contributed by atoms with Crippen molar-refractivity contribution in [2.75, 3.05) is 13.2 Å². The van der Waals surface area contributed by atoms with Crippen LogP contribution in [0.5, 0.6) is 0 Å². The van der Waals surface area contributed by atoms with Crippen molar-refractivity contribution in [2.45, 2.75) is 78.1 Å². The van der Waals surface area contributed by atoms with E-state index >= 15 is 0 Å². The summed E-state index contributed by atoms with van der Waals surface area (Å²) in [5, 5.41) is 0. The van der Waals surface area contributed by atoms with Gasteiger partial charge in [0.2, 0.25) is 0 Å². The molecule has 0 saturated carbocycles. The fourth-order valence-corrected chi connectivity index (χ4v) is 2.70. The second-order valence-electron chi connectivity index (χ2n) is 6.62. The van der Waals surface area contributed by atoms with Crippen LogP contribution >= 0.6 is 0 Å². The summed E-state index contributed by atoms with van der Waals surface area (Å²) in [4.78, 5) is 23.3. The van der Waals surface area contributed by atoms with Crippen LogP contribution in [0.2, 0.25) is 0 Å². The number of benzene rings is 1. The second kappa shape index (κ2) is 14.3. The van der Waals surface area contributed by atoms with Crippen molar-refractivity contribution < 1.29 is 19.1 Å². The molecular weight excluding hydrogens is 328 g/mol. The first-order valence-corrected chi connectivity index (χ1v) is 10.0. The Balaban J connectivity index is 2.31. The van der Waals surface area contributed by atoms with E-state index < -0.39 is 0 Å². The highest BCUT2D eigenvalue weighted by Crippen LogP contribution is 2.15. The number of rotatable bonds is 14. The molecule has 0 amide bonds. The Bertz CT molecular complexity index is 478. The molecule has 146 valence electrons. The van der Waals surface area contributed by atoms with E-state index in [9.17, 15) is 9.59 Å². The maximum Gasteiger partial charge on any atom is 0.305 e. The van der Waals surface area contributed by atoms with Gasteiger partial charge in [0.05, 0.1) is 13.2 Å². The van der Waals surface area contributed by atoms with Crippen molar-refractivity contribution in [3.05, 3.63) is 35.4 Å². The van der Waals surface area contributed by atoms with Gasteiger partial charge in [0, 0.05) is 12.8 Å². The zero-order valence-corrected chi connectivity index (χ0v) is 16.4. The molecule has 0 N–H and O–H groups in total. The Morgan fingerprint density at radius 1 is 0.731 bits per heavy atom. The first-order valence-electron chi connectivity index (χ1n) is 10.0. The summed E-state index contributed by atoms with van der Waals surface area (Å²) in [5.41, 5.74) is 2.52. The Labute approximate surface area is 158 Å². The van der Waals surface area contributed by atoms with Crippen molar-refractivity contribution in [1.29, 1.82) is 0 Å². The molecule has 4 heteroatoms. The minimum Gasteiger partial charge on any atom is -0.466 e. The first-order chi connectivity index (χ1) is 12.7. The summed E-state index contributed by atoms with van der Waals surface area (Å²) >= 11 is 0. The molecule has 0 spiro atoms. The third-order valence-corrected chi connectivity index (χ3v) is 4.29. The molecule has 0 saturated heterocycles. The minimum absolute atomic E-state index is 0.106. The van der Waals surface area contributed by atoms with Crippen molar-refractivity contribution in [3.8, 4) is 0 Å². The van der Waals surface area contributed by atoms with Crippen LogP contribution < -0.4 is 0 Å². The van der Waals surface area contributed by atoms with Crippen molar-refractivity contribution >= 4 is 11.9 Å². The largest absolute Gasteiger partial charge is 0.466 e. The number of hydrogen-bond acceptors (Lipinski definition) is 4. The van der Waals surface area contributed by atoms with Gasteiger partial charge < -0.3 is 9.47 Å². The molecule has 4 nitrogen and oxygen atoms in total. The number of unbranched alkanes of at least 4 members (excludes halogenated alkanes) is 2. The monoisotopic (exact) mass is 362 g/mol. The molecule has 0 radical (unpaired) electrons. The highest BCUT2D eigenvalue weighted by molar-refractivity contribution is 5.69. The minimum atomic E-state index is -0.106. The third-order valence-electron chi connectivity index (χ3n) is 4.29. The number of hydrogen-bond donors (Lipinski definition) is 0. The molecule has 1 aromatic rings. The third kappa shape index (κ3) is 10.2. The normalized spacial score (nSPS) is 10.5. The summed E-state index contributed by atoms with van der Waals surface area (Å²) in [6, 6.07) is 8.27. The van der Waals surface area contributed by atoms with Crippen LogP contribution in [0.4, 0.5) is 0 Å². The molecule has 0 bridgehead atoms. The van der Waals surface area contributed by atoms with E-state index in [1.54, 1.807) is 0 Å². The van der Waals surface area contributed by atoms with E-state index in [0.29, 0.717) is 26.1 Å². The average molecular weight is 363 g/mol. The van der Waals surface area contributed by atoms with Crippen LogP contribution in [-0.4, -0.2) is 25.2 Å². The Hall–Kier alpha value is -1.84. The van der Waals surface area contributed by atoms with Crippen molar-refractivity contribution in [1.82, 2.24) is 0 Å². The van der Waals surface area contributed by atoms with E-state index in [-0.39, 0.29) is 11.9 Å². The van der Waals surface area contributed by atoms with E-state index in [1.807, 2.05) is 12.1 Å². The summed E-state index contributed by atoms with van der Waals surface area (Å²) in [6.45, 7) is 5.21. The molecule has 0 aromatic heterocycles. The lowest BCUT2D eigenvalue weighted by Crippen LogP contribution is -2.07. The van der Waals surface area contributed by atoms with Gasteiger partial charge in [-0.15, -0.1) is 0 Å². The summed E-state index contributed by atoms with van der Waals surface area (Å²) < 4.78 is 10.4. The zero-order valence-electron chi connectivity index (χ0n) is 16.4. The fraction of sp³-hybridized carbons (Fsp3) is 0.636. The van der Waals surface area contributed by atoms with Gasteiger partial charge in [-0.25, -0.2) is 0 Å². The topological polar surface area (TPSA) is 52.6 Å². The Morgan fingerprint density at radius 3 is 1.54 bits per heavy atom.